The maximum atomic E-state index is 12.4. The number of anilines is 1. The molecule has 0 saturated carbocycles. The molecule has 0 atom stereocenters. The van der Waals surface area contributed by atoms with Gasteiger partial charge in [0.2, 0.25) is 5.91 Å². The van der Waals surface area contributed by atoms with Crippen molar-refractivity contribution in [3.63, 3.8) is 0 Å². The molecule has 0 aliphatic rings. The first kappa shape index (κ1) is 20.3. The first-order chi connectivity index (χ1) is 14.2. The Bertz CT molecular complexity index is 922. The lowest BCUT2D eigenvalue weighted by Crippen LogP contribution is -2.29. The van der Waals surface area contributed by atoms with Crippen LogP contribution in [0.4, 0.5) is 5.69 Å². The van der Waals surface area contributed by atoms with Crippen LogP contribution in [0, 0.1) is 0 Å². The van der Waals surface area contributed by atoms with E-state index < -0.39 is 0 Å². The molecule has 148 valence electrons. The Morgan fingerprint density at radius 3 is 2.03 bits per heavy atom. The highest BCUT2D eigenvalue weighted by Crippen LogP contribution is 2.18. The van der Waals surface area contributed by atoms with Crippen molar-refractivity contribution in [3.8, 4) is 0 Å². The third kappa shape index (κ3) is 5.79. The fourth-order valence-corrected chi connectivity index (χ4v) is 3.13. The van der Waals surface area contributed by atoms with Crippen LogP contribution in [-0.4, -0.2) is 18.4 Å². The van der Waals surface area contributed by atoms with Gasteiger partial charge >= 0.3 is 0 Å². The first-order valence-corrected chi connectivity index (χ1v) is 9.94. The van der Waals surface area contributed by atoms with E-state index in [1.165, 1.54) is 5.56 Å². The van der Waals surface area contributed by atoms with Crippen LogP contribution in [0.1, 0.15) is 34.8 Å². The van der Waals surface area contributed by atoms with E-state index >= 15 is 0 Å². The zero-order valence-corrected chi connectivity index (χ0v) is 16.7. The van der Waals surface area contributed by atoms with Crippen molar-refractivity contribution in [1.29, 1.82) is 0 Å². The van der Waals surface area contributed by atoms with Gasteiger partial charge in [-0.2, -0.15) is 0 Å². The Balaban J connectivity index is 1.59. The van der Waals surface area contributed by atoms with Gasteiger partial charge in [-0.05, 0) is 41.8 Å². The van der Waals surface area contributed by atoms with E-state index in [9.17, 15) is 9.59 Å². The second-order valence-corrected chi connectivity index (χ2v) is 6.86. The standard InChI is InChI=1S/C25H26N2O2/c1-2-24(28)27(23-11-7-4-8-12-23)19-21-13-15-22(16-14-21)25(29)26-18-17-20-9-5-3-6-10-20/h3-16H,2,17-19H2,1H3,(H,26,29). The zero-order chi connectivity index (χ0) is 20.5. The fraction of sp³-hybridized carbons (Fsp3) is 0.200. The molecule has 0 radical (unpaired) electrons. The van der Waals surface area contributed by atoms with E-state index in [1.54, 1.807) is 4.90 Å². The molecule has 0 bridgehead atoms. The van der Waals surface area contributed by atoms with Crippen LogP contribution in [0.25, 0.3) is 0 Å². The number of nitrogens with zero attached hydrogens (tertiary/aromatic N) is 1. The molecule has 3 rings (SSSR count). The maximum Gasteiger partial charge on any atom is 0.251 e. The molecule has 0 spiro atoms. The number of para-hydroxylation sites is 1. The van der Waals surface area contributed by atoms with Crippen molar-refractivity contribution in [2.24, 2.45) is 0 Å². The van der Waals surface area contributed by atoms with Gasteiger partial charge < -0.3 is 10.2 Å². The van der Waals surface area contributed by atoms with Crippen molar-refractivity contribution < 1.29 is 9.59 Å². The highest BCUT2D eigenvalue weighted by molar-refractivity contribution is 5.94. The Hall–Kier alpha value is -3.40. The summed E-state index contributed by atoms with van der Waals surface area (Å²) in [6, 6.07) is 27.2. The van der Waals surface area contributed by atoms with Crippen LogP contribution >= 0.6 is 0 Å². The number of carbonyl (C=O) groups is 2. The number of amides is 2. The van der Waals surface area contributed by atoms with Crippen LogP contribution in [0.3, 0.4) is 0 Å². The third-order valence-electron chi connectivity index (χ3n) is 4.77. The predicted octanol–water partition coefficient (Wildman–Crippen LogP) is 4.60. The highest BCUT2D eigenvalue weighted by Gasteiger charge is 2.14. The lowest BCUT2D eigenvalue weighted by Gasteiger charge is -2.22. The second kappa shape index (κ2) is 10.2. The topological polar surface area (TPSA) is 49.4 Å². The molecule has 3 aromatic carbocycles. The summed E-state index contributed by atoms with van der Waals surface area (Å²) in [5.41, 5.74) is 3.68. The lowest BCUT2D eigenvalue weighted by atomic mass is 10.1. The molecule has 0 aromatic heterocycles. The van der Waals surface area contributed by atoms with Gasteiger partial charge in [-0.3, -0.25) is 9.59 Å². The van der Waals surface area contributed by atoms with Gasteiger partial charge in [0.05, 0.1) is 6.54 Å². The molecule has 0 unspecified atom stereocenters. The second-order valence-electron chi connectivity index (χ2n) is 6.86. The quantitative estimate of drug-likeness (QED) is 0.615. The van der Waals surface area contributed by atoms with Gasteiger partial charge in [0.25, 0.3) is 5.91 Å². The molecule has 4 nitrogen and oxygen atoms in total. The minimum Gasteiger partial charge on any atom is -0.352 e. The average Bonchev–Trinajstić information content (AvgIpc) is 2.78. The molecular formula is C25H26N2O2. The Kier molecular flexibility index (Phi) is 7.17. The van der Waals surface area contributed by atoms with Gasteiger partial charge in [-0.1, -0.05) is 67.6 Å². The van der Waals surface area contributed by atoms with Gasteiger partial charge in [-0.25, -0.2) is 0 Å². The van der Waals surface area contributed by atoms with Gasteiger partial charge in [0, 0.05) is 24.2 Å². The summed E-state index contributed by atoms with van der Waals surface area (Å²) in [6.45, 7) is 2.94. The number of benzene rings is 3. The van der Waals surface area contributed by atoms with Crippen molar-refractivity contribution in [2.45, 2.75) is 26.3 Å². The lowest BCUT2D eigenvalue weighted by molar-refractivity contribution is -0.118. The maximum absolute atomic E-state index is 12.4. The number of hydrogen-bond acceptors (Lipinski definition) is 2. The SMILES string of the molecule is CCC(=O)N(Cc1ccc(C(=O)NCCc2ccccc2)cc1)c1ccccc1. The predicted molar refractivity (Wildman–Crippen MR) is 117 cm³/mol. The number of rotatable bonds is 8. The van der Waals surface area contributed by atoms with Crippen molar-refractivity contribution >= 4 is 17.5 Å². The molecule has 0 fully saturated rings. The van der Waals surface area contributed by atoms with Crippen LogP contribution in [0.15, 0.2) is 84.9 Å². The van der Waals surface area contributed by atoms with E-state index in [1.807, 2.05) is 79.7 Å². The third-order valence-corrected chi connectivity index (χ3v) is 4.77. The molecule has 29 heavy (non-hydrogen) atoms. The highest BCUT2D eigenvalue weighted by atomic mass is 16.2. The summed E-state index contributed by atoms with van der Waals surface area (Å²) in [4.78, 5) is 26.5. The summed E-state index contributed by atoms with van der Waals surface area (Å²) in [5.74, 6) is -0.0176. The fourth-order valence-electron chi connectivity index (χ4n) is 3.13. The molecule has 0 aliphatic heterocycles. The van der Waals surface area contributed by atoms with E-state index in [0.29, 0.717) is 25.1 Å². The van der Waals surface area contributed by atoms with E-state index in [-0.39, 0.29) is 11.8 Å². The summed E-state index contributed by atoms with van der Waals surface area (Å²) >= 11 is 0. The summed E-state index contributed by atoms with van der Waals surface area (Å²) in [6.07, 6.45) is 1.24. The van der Waals surface area contributed by atoms with Crippen LogP contribution < -0.4 is 10.2 Å². The van der Waals surface area contributed by atoms with Crippen LogP contribution in [-0.2, 0) is 17.8 Å². The monoisotopic (exact) mass is 386 g/mol. The Morgan fingerprint density at radius 2 is 1.41 bits per heavy atom. The summed E-state index contributed by atoms with van der Waals surface area (Å²) < 4.78 is 0. The molecular weight excluding hydrogens is 360 g/mol. The minimum absolute atomic E-state index is 0.0685. The smallest absolute Gasteiger partial charge is 0.251 e. The van der Waals surface area contributed by atoms with E-state index in [4.69, 9.17) is 0 Å². The normalized spacial score (nSPS) is 10.4. The molecule has 4 heteroatoms. The zero-order valence-electron chi connectivity index (χ0n) is 16.7. The molecule has 0 heterocycles. The first-order valence-electron chi connectivity index (χ1n) is 9.94. The number of carbonyl (C=O) groups excluding carboxylic acids is 2. The van der Waals surface area contributed by atoms with Crippen LogP contribution in [0.2, 0.25) is 0 Å². The van der Waals surface area contributed by atoms with E-state index in [2.05, 4.69) is 17.4 Å². The molecule has 3 aromatic rings. The van der Waals surface area contributed by atoms with E-state index in [0.717, 1.165) is 17.7 Å². The summed E-state index contributed by atoms with van der Waals surface area (Å²) in [7, 11) is 0. The molecule has 0 aliphatic carbocycles. The molecule has 2 amide bonds. The van der Waals surface area contributed by atoms with Crippen molar-refractivity contribution in [1.82, 2.24) is 5.32 Å². The Labute approximate surface area is 172 Å². The Morgan fingerprint density at radius 1 is 0.793 bits per heavy atom. The number of nitrogens with one attached hydrogen (secondary N) is 1. The van der Waals surface area contributed by atoms with Gasteiger partial charge in [-0.15, -0.1) is 0 Å². The minimum atomic E-state index is -0.0861. The van der Waals surface area contributed by atoms with Crippen molar-refractivity contribution in [2.75, 3.05) is 11.4 Å². The largest absolute Gasteiger partial charge is 0.352 e. The number of hydrogen-bond donors (Lipinski definition) is 1. The molecule has 0 saturated heterocycles. The van der Waals surface area contributed by atoms with Gasteiger partial charge in [0.15, 0.2) is 0 Å². The summed E-state index contributed by atoms with van der Waals surface area (Å²) in [5, 5.41) is 2.96. The van der Waals surface area contributed by atoms with Gasteiger partial charge in [0.1, 0.15) is 0 Å². The van der Waals surface area contributed by atoms with Crippen molar-refractivity contribution in [3.05, 3.63) is 102 Å². The van der Waals surface area contributed by atoms with Crippen LogP contribution in [0.5, 0.6) is 0 Å². The average molecular weight is 386 g/mol. The molecule has 1 N–H and O–H groups in total.